The second-order valence-electron chi connectivity index (χ2n) is 7.30. The average molecular weight is 424 g/mol. The van der Waals surface area contributed by atoms with Crippen LogP contribution in [0.5, 0.6) is 11.5 Å². The van der Waals surface area contributed by atoms with E-state index in [0.29, 0.717) is 24.0 Å². The lowest BCUT2D eigenvalue weighted by Gasteiger charge is -2.25. The van der Waals surface area contributed by atoms with Crippen molar-refractivity contribution >= 4 is 17.6 Å². The molecule has 162 valence electrons. The van der Waals surface area contributed by atoms with Gasteiger partial charge in [0.05, 0.1) is 20.8 Å². The van der Waals surface area contributed by atoms with Crippen LogP contribution in [0.4, 0.5) is 22.0 Å². The summed E-state index contributed by atoms with van der Waals surface area (Å²) in [5, 5.41) is 3.05. The standard InChI is InChI=1S/C22H25FN6O2/c1-30-16-9-10-17(19(12-16)31-2)18-4-3-11-29(18)13-20-26-21(24)28-22(27-20)25-15-7-5-14(23)6-8-15/h5-10,12,18H,3-4,11,13H2,1-2H3,(H3,24,25,26,27,28). The number of anilines is 3. The molecule has 0 aliphatic carbocycles. The van der Waals surface area contributed by atoms with Crippen molar-refractivity contribution in [3.63, 3.8) is 0 Å². The van der Waals surface area contributed by atoms with Gasteiger partial charge in [0.1, 0.15) is 23.1 Å². The van der Waals surface area contributed by atoms with Crippen molar-refractivity contribution in [2.45, 2.75) is 25.4 Å². The number of ether oxygens (including phenoxy) is 2. The number of aromatic nitrogens is 3. The molecule has 2 aromatic carbocycles. The number of nitrogen functional groups attached to an aromatic ring is 1. The normalized spacial score (nSPS) is 16.3. The van der Waals surface area contributed by atoms with Crippen LogP contribution < -0.4 is 20.5 Å². The molecule has 0 amide bonds. The lowest BCUT2D eigenvalue weighted by molar-refractivity contribution is 0.237. The Kier molecular flexibility index (Phi) is 6.13. The zero-order chi connectivity index (χ0) is 21.8. The van der Waals surface area contributed by atoms with Crippen molar-refractivity contribution in [2.24, 2.45) is 0 Å². The molecule has 1 aromatic heterocycles. The largest absolute Gasteiger partial charge is 0.497 e. The van der Waals surface area contributed by atoms with E-state index in [0.717, 1.165) is 36.4 Å². The number of hydrogen-bond donors (Lipinski definition) is 2. The fourth-order valence-corrected chi connectivity index (χ4v) is 3.87. The molecule has 1 aliphatic rings. The number of hydrogen-bond acceptors (Lipinski definition) is 8. The van der Waals surface area contributed by atoms with E-state index >= 15 is 0 Å². The first kappa shape index (κ1) is 20.8. The second kappa shape index (κ2) is 9.13. The van der Waals surface area contributed by atoms with Gasteiger partial charge in [-0.25, -0.2) is 4.39 Å². The first-order valence-corrected chi connectivity index (χ1v) is 10.0. The highest BCUT2D eigenvalue weighted by molar-refractivity contribution is 5.53. The Morgan fingerprint density at radius 2 is 1.90 bits per heavy atom. The fourth-order valence-electron chi connectivity index (χ4n) is 3.87. The number of methoxy groups -OCH3 is 2. The highest BCUT2D eigenvalue weighted by Gasteiger charge is 2.29. The molecule has 3 aromatic rings. The molecule has 0 saturated carbocycles. The van der Waals surface area contributed by atoms with Gasteiger partial charge in [-0.3, -0.25) is 4.90 Å². The predicted molar refractivity (Wildman–Crippen MR) is 116 cm³/mol. The van der Waals surface area contributed by atoms with E-state index < -0.39 is 0 Å². The maximum Gasteiger partial charge on any atom is 0.232 e. The van der Waals surface area contributed by atoms with Gasteiger partial charge in [-0.2, -0.15) is 15.0 Å². The highest BCUT2D eigenvalue weighted by Crippen LogP contribution is 2.39. The van der Waals surface area contributed by atoms with Crippen molar-refractivity contribution in [2.75, 3.05) is 31.8 Å². The van der Waals surface area contributed by atoms with Gasteiger partial charge in [-0.1, -0.05) is 6.07 Å². The van der Waals surface area contributed by atoms with Gasteiger partial charge >= 0.3 is 0 Å². The predicted octanol–water partition coefficient (Wildman–Crippen LogP) is 3.69. The number of benzene rings is 2. The summed E-state index contributed by atoms with van der Waals surface area (Å²) < 4.78 is 24.1. The molecule has 0 radical (unpaired) electrons. The SMILES string of the molecule is COc1ccc(C2CCCN2Cc2nc(N)nc(Nc3ccc(F)cc3)n2)c(OC)c1. The van der Waals surface area contributed by atoms with E-state index in [4.69, 9.17) is 15.2 Å². The summed E-state index contributed by atoms with van der Waals surface area (Å²) in [6, 6.07) is 12.0. The number of nitrogens with zero attached hydrogens (tertiary/aromatic N) is 4. The minimum atomic E-state index is -0.310. The van der Waals surface area contributed by atoms with Gasteiger partial charge in [-0.05, 0) is 49.7 Å². The van der Waals surface area contributed by atoms with Crippen LogP contribution >= 0.6 is 0 Å². The second-order valence-corrected chi connectivity index (χ2v) is 7.30. The molecule has 31 heavy (non-hydrogen) atoms. The lowest BCUT2D eigenvalue weighted by Crippen LogP contribution is -2.25. The molecule has 0 spiro atoms. The number of nitrogens with two attached hydrogens (primary N) is 1. The van der Waals surface area contributed by atoms with Gasteiger partial charge in [0, 0.05) is 23.4 Å². The fraction of sp³-hybridized carbons (Fsp3) is 0.318. The van der Waals surface area contributed by atoms with E-state index in [1.54, 1.807) is 26.4 Å². The quantitative estimate of drug-likeness (QED) is 0.593. The van der Waals surface area contributed by atoms with Crippen LogP contribution in [-0.4, -0.2) is 40.6 Å². The third-order valence-corrected chi connectivity index (χ3v) is 5.31. The minimum absolute atomic E-state index is 0.132. The molecule has 1 fully saturated rings. The van der Waals surface area contributed by atoms with Crippen LogP contribution in [0.25, 0.3) is 0 Å². The molecular weight excluding hydrogens is 399 g/mol. The third-order valence-electron chi connectivity index (χ3n) is 5.31. The smallest absolute Gasteiger partial charge is 0.232 e. The van der Waals surface area contributed by atoms with Gasteiger partial charge in [0.25, 0.3) is 0 Å². The minimum Gasteiger partial charge on any atom is -0.497 e. The van der Waals surface area contributed by atoms with E-state index in [-0.39, 0.29) is 17.8 Å². The molecule has 3 N–H and O–H groups in total. The molecule has 4 rings (SSSR count). The molecule has 2 heterocycles. The molecule has 8 nitrogen and oxygen atoms in total. The number of likely N-dealkylation sites (tertiary alicyclic amines) is 1. The Morgan fingerprint density at radius 1 is 1.10 bits per heavy atom. The Bertz CT molecular complexity index is 1050. The number of nitrogens with one attached hydrogen (secondary N) is 1. The van der Waals surface area contributed by atoms with Crippen LogP contribution in [0.3, 0.4) is 0 Å². The summed E-state index contributed by atoms with van der Waals surface area (Å²) in [6.45, 7) is 1.43. The Labute approximate surface area is 180 Å². The Morgan fingerprint density at radius 3 is 2.65 bits per heavy atom. The van der Waals surface area contributed by atoms with Gasteiger partial charge in [0.15, 0.2) is 0 Å². The molecule has 0 bridgehead atoms. The van der Waals surface area contributed by atoms with Crippen LogP contribution in [0.2, 0.25) is 0 Å². The average Bonchev–Trinajstić information content (AvgIpc) is 3.22. The highest BCUT2D eigenvalue weighted by atomic mass is 19.1. The molecule has 1 unspecified atom stereocenters. The topological polar surface area (TPSA) is 98.4 Å². The van der Waals surface area contributed by atoms with E-state index in [1.165, 1.54) is 12.1 Å². The van der Waals surface area contributed by atoms with Gasteiger partial charge in [-0.15, -0.1) is 0 Å². The van der Waals surface area contributed by atoms with Crippen molar-refractivity contribution in [3.8, 4) is 11.5 Å². The van der Waals surface area contributed by atoms with Crippen LogP contribution in [-0.2, 0) is 6.54 Å². The summed E-state index contributed by atoms with van der Waals surface area (Å²) in [7, 11) is 3.30. The molecule has 1 aliphatic heterocycles. The van der Waals surface area contributed by atoms with Crippen LogP contribution in [0, 0.1) is 5.82 Å². The molecular formula is C22H25FN6O2. The Balaban J connectivity index is 1.54. The lowest BCUT2D eigenvalue weighted by atomic mass is 10.0. The molecule has 1 atom stereocenters. The first-order valence-electron chi connectivity index (χ1n) is 10.0. The maximum absolute atomic E-state index is 13.1. The van der Waals surface area contributed by atoms with Crippen molar-refractivity contribution in [1.82, 2.24) is 19.9 Å². The summed E-state index contributed by atoms with van der Waals surface area (Å²) in [5.41, 5.74) is 7.69. The van der Waals surface area contributed by atoms with E-state index in [1.807, 2.05) is 18.2 Å². The number of halogens is 1. The molecule has 9 heteroatoms. The number of rotatable bonds is 7. The van der Waals surface area contributed by atoms with Crippen LogP contribution in [0.1, 0.15) is 30.3 Å². The van der Waals surface area contributed by atoms with E-state index in [2.05, 4.69) is 25.2 Å². The van der Waals surface area contributed by atoms with E-state index in [9.17, 15) is 4.39 Å². The zero-order valence-corrected chi connectivity index (χ0v) is 17.5. The first-order chi connectivity index (χ1) is 15.1. The summed E-state index contributed by atoms with van der Waals surface area (Å²) in [6.07, 6.45) is 2.06. The molecule has 1 saturated heterocycles. The monoisotopic (exact) mass is 424 g/mol. The van der Waals surface area contributed by atoms with Gasteiger partial charge < -0.3 is 20.5 Å². The summed E-state index contributed by atoms with van der Waals surface area (Å²) in [5.74, 6) is 2.27. The zero-order valence-electron chi connectivity index (χ0n) is 17.5. The van der Waals surface area contributed by atoms with Crippen molar-refractivity contribution in [3.05, 3.63) is 59.7 Å². The summed E-state index contributed by atoms with van der Waals surface area (Å²) >= 11 is 0. The van der Waals surface area contributed by atoms with Crippen molar-refractivity contribution in [1.29, 1.82) is 0 Å². The third kappa shape index (κ3) is 4.83. The summed E-state index contributed by atoms with van der Waals surface area (Å²) in [4.78, 5) is 15.3. The van der Waals surface area contributed by atoms with Crippen molar-refractivity contribution < 1.29 is 13.9 Å². The van der Waals surface area contributed by atoms with Gasteiger partial charge in [0.2, 0.25) is 11.9 Å². The van der Waals surface area contributed by atoms with Crippen LogP contribution in [0.15, 0.2) is 42.5 Å². The Hall–Kier alpha value is -3.46. The maximum atomic E-state index is 13.1.